The van der Waals surface area contributed by atoms with Gasteiger partial charge in [-0.15, -0.1) is 0 Å². The molecule has 2 aromatic rings. The van der Waals surface area contributed by atoms with Crippen LogP contribution >= 0.6 is 0 Å². The third kappa shape index (κ3) is 3.86. The van der Waals surface area contributed by atoms with Gasteiger partial charge in [0.15, 0.2) is 0 Å². The van der Waals surface area contributed by atoms with Crippen LogP contribution in [0.2, 0.25) is 0 Å². The number of alkyl halides is 3. The maximum absolute atomic E-state index is 13.4. The van der Waals surface area contributed by atoms with Crippen LogP contribution in [0.3, 0.4) is 0 Å². The lowest BCUT2D eigenvalue weighted by Gasteiger charge is -2.35. The minimum atomic E-state index is -4.48. The quantitative estimate of drug-likeness (QED) is 0.809. The Balaban J connectivity index is 1.76. The molecule has 10 heteroatoms. The minimum Gasteiger partial charge on any atom is -0.350 e. The van der Waals surface area contributed by atoms with Crippen molar-refractivity contribution in [2.45, 2.75) is 12.2 Å². The third-order valence-corrected chi connectivity index (χ3v) is 4.28. The lowest BCUT2D eigenvalue weighted by atomic mass is 10.2. The van der Waals surface area contributed by atoms with E-state index in [1.54, 1.807) is 18.2 Å². The van der Waals surface area contributed by atoms with Crippen molar-refractivity contribution in [1.82, 2.24) is 24.9 Å². The molecule has 3 rings (SSSR count). The van der Waals surface area contributed by atoms with Crippen molar-refractivity contribution < 1.29 is 18.0 Å². The summed E-state index contributed by atoms with van der Waals surface area (Å²) in [4.78, 5) is 29.9. The monoisotopic (exact) mass is 369 g/mol. The molecule has 3 heterocycles. The van der Waals surface area contributed by atoms with Crippen LogP contribution in [0.5, 0.6) is 0 Å². The Bertz CT molecular complexity index is 846. The highest BCUT2D eigenvalue weighted by Crippen LogP contribution is 2.24. The zero-order chi connectivity index (χ0) is 18.7. The van der Waals surface area contributed by atoms with Gasteiger partial charge in [-0.2, -0.15) is 13.2 Å². The molecule has 0 aromatic carbocycles. The molecule has 1 aliphatic heterocycles. The fourth-order valence-corrected chi connectivity index (χ4v) is 2.91. The summed E-state index contributed by atoms with van der Waals surface area (Å²) >= 11 is 0. The number of pyridine rings is 1. The molecule has 1 amide bonds. The molecule has 0 aliphatic carbocycles. The van der Waals surface area contributed by atoms with Gasteiger partial charge in [0, 0.05) is 45.1 Å². The summed E-state index contributed by atoms with van der Waals surface area (Å²) in [5.41, 5.74) is -0.572. The Morgan fingerprint density at radius 1 is 1.31 bits per heavy atom. The van der Waals surface area contributed by atoms with Crippen molar-refractivity contribution in [2.75, 3.05) is 32.7 Å². The molecule has 0 saturated carbocycles. The molecule has 1 unspecified atom stereocenters. The largest absolute Gasteiger partial charge is 0.405 e. The number of halogens is 3. The molecule has 0 bridgehead atoms. The summed E-state index contributed by atoms with van der Waals surface area (Å²) in [5, 5.41) is 5.22. The van der Waals surface area contributed by atoms with Crippen molar-refractivity contribution in [3.05, 3.63) is 46.5 Å². The fourth-order valence-electron chi connectivity index (χ4n) is 2.91. The molecule has 1 fully saturated rings. The molecule has 7 nitrogen and oxygen atoms in total. The van der Waals surface area contributed by atoms with Crippen LogP contribution in [0, 0.1) is 0 Å². The molecule has 1 aliphatic rings. The molecule has 1 atom stereocenters. The molecule has 0 radical (unpaired) electrons. The summed E-state index contributed by atoms with van der Waals surface area (Å²) in [6, 6.07) is 3.07. The SMILES string of the molecule is O=C(NCC(N1CCNCC1)C(F)(F)F)c1cnc2ccccn2c1=O. The summed E-state index contributed by atoms with van der Waals surface area (Å²) in [5.74, 6) is -0.870. The standard InChI is InChI=1S/C16H18F3N5O2/c17-16(18,19)12(23-7-4-20-5-8-23)10-22-14(25)11-9-21-13-3-1-2-6-24(13)15(11)26/h1-3,6,9,12,20H,4-5,7-8,10H2,(H,22,25). The lowest BCUT2D eigenvalue weighted by molar-refractivity contribution is -0.183. The van der Waals surface area contributed by atoms with E-state index in [9.17, 15) is 22.8 Å². The van der Waals surface area contributed by atoms with Crippen LogP contribution < -0.4 is 16.2 Å². The first-order valence-electron chi connectivity index (χ1n) is 8.14. The number of carbonyl (C=O) groups is 1. The van der Waals surface area contributed by atoms with Crippen LogP contribution in [-0.2, 0) is 0 Å². The Morgan fingerprint density at radius 2 is 2.04 bits per heavy atom. The Morgan fingerprint density at radius 3 is 2.73 bits per heavy atom. The molecule has 26 heavy (non-hydrogen) atoms. The highest BCUT2D eigenvalue weighted by atomic mass is 19.4. The number of carbonyl (C=O) groups excluding carboxylic acids is 1. The Kier molecular flexibility index (Phi) is 5.23. The number of hydrogen-bond donors (Lipinski definition) is 2. The van der Waals surface area contributed by atoms with Gasteiger partial charge in [-0.05, 0) is 12.1 Å². The second-order valence-corrected chi connectivity index (χ2v) is 5.96. The van der Waals surface area contributed by atoms with Gasteiger partial charge in [-0.1, -0.05) is 6.07 Å². The Labute approximate surface area is 146 Å². The van der Waals surface area contributed by atoms with Crippen molar-refractivity contribution in [3.8, 4) is 0 Å². The Hall–Kier alpha value is -2.46. The molecule has 2 N–H and O–H groups in total. The van der Waals surface area contributed by atoms with Crippen LogP contribution in [0.1, 0.15) is 10.4 Å². The molecular weight excluding hydrogens is 351 g/mol. The number of amides is 1. The summed E-state index contributed by atoms with van der Waals surface area (Å²) < 4.78 is 41.2. The molecule has 1 saturated heterocycles. The number of fused-ring (bicyclic) bond motifs is 1. The second-order valence-electron chi connectivity index (χ2n) is 5.96. The van der Waals surface area contributed by atoms with Crippen LogP contribution in [0.15, 0.2) is 35.4 Å². The van der Waals surface area contributed by atoms with Crippen molar-refractivity contribution in [2.24, 2.45) is 0 Å². The van der Waals surface area contributed by atoms with E-state index in [-0.39, 0.29) is 18.7 Å². The van der Waals surface area contributed by atoms with E-state index in [1.165, 1.54) is 15.5 Å². The maximum Gasteiger partial charge on any atom is 0.405 e. The highest BCUT2D eigenvalue weighted by molar-refractivity contribution is 5.93. The average molecular weight is 369 g/mol. The predicted octanol–water partition coefficient (Wildman–Crippen LogP) is 0.260. The minimum absolute atomic E-state index is 0.236. The van der Waals surface area contributed by atoms with Crippen LogP contribution in [-0.4, -0.2) is 65.1 Å². The third-order valence-electron chi connectivity index (χ3n) is 4.28. The van der Waals surface area contributed by atoms with E-state index in [0.29, 0.717) is 18.7 Å². The topological polar surface area (TPSA) is 78.7 Å². The van der Waals surface area contributed by atoms with Gasteiger partial charge >= 0.3 is 6.18 Å². The maximum atomic E-state index is 13.4. The number of piperazine rings is 1. The number of nitrogens with one attached hydrogen (secondary N) is 2. The molecule has 2 aromatic heterocycles. The summed E-state index contributed by atoms with van der Waals surface area (Å²) in [7, 11) is 0. The van der Waals surface area contributed by atoms with Gasteiger partial charge in [-0.3, -0.25) is 18.9 Å². The van der Waals surface area contributed by atoms with Gasteiger partial charge < -0.3 is 10.6 Å². The normalized spacial score (nSPS) is 17.2. The number of aromatic nitrogens is 2. The first-order valence-corrected chi connectivity index (χ1v) is 8.14. The first-order chi connectivity index (χ1) is 12.4. The predicted molar refractivity (Wildman–Crippen MR) is 88.1 cm³/mol. The first kappa shape index (κ1) is 18.3. The van der Waals surface area contributed by atoms with Crippen molar-refractivity contribution in [1.29, 1.82) is 0 Å². The average Bonchev–Trinajstić information content (AvgIpc) is 2.62. The smallest absolute Gasteiger partial charge is 0.350 e. The second kappa shape index (κ2) is 7.42. The van der Waals surface area contributed by atoms with E-state index >= 15 is 0 Å². The van der Waals surface area contributed by atoms with Crippen molar-refractivity contribution >= 4 is 11.6 Å². The van der Waals surface area contributed by atoms with Gasteiger partial charge in [0.25, 0.3) is 11.5 Å². The zero-order valence-electron chi connectivity index (χ0n) is 13.8. The fraction of sp³-hybridized carbons (Fsp3) is 0.438. The van der Waals surface area contributed by atoms with E-state index in [4.69, 9.17) is 0 Å². The van der Waals surface area contributed by atoms with E-state index in [0.717, 1.165) is 6.20 Å². The van der Waals surface area contributed by atoms with Crippen LogP contribution in [0.25, 0.3) is 5.65 Å². The van der Waals surface area contributed by atoms with Crippen LogP contribution in [0.4, 0.5) is 13.2 Å². The molecule has 140 valence electrons. The molecule has 0 spiro atoms. The van der Waals surface area contributed by atoms with Gasteiger partial charge in [0.05, 0.1) is 0 Å². The lowest BCUT2D eigenvalue weighted by Crippen LogP contribution is -2.57. The van der Waals surface area contributed by atoms with E-state index in [2.05, 4.69) is 15.6 Å². The van der Waals surface area contributed by atoms with Gasteiger partial charge in [0.1, 0.15) is 17.3 Å². The zero-order valence-corrected chi connectivity index (χ0v) is 13.8. The van der Waals surface area contributed by atoms with E-state index in [1.807, 2.05) is 0 Å². The number of rotatable bonds is 4. The van der Waals surface area contributed by atoms with Crippen molar-refractivity contribution in [3.63, 3.8) is 0 Å². The molecular formula is C16H18F3N5O2. The highest BCUT2D eigenvalue weighted by Gasteiger charge is 2.43. The number of hydrogen-bond acceptors (Lipinski definition) is 5. The summed E-state index contributed by atoms with van der Waals surface area (Å²) in [6.45, 7) is 0.757. The van der Waals surface area contributed by atoms with E-state index < -0.39 is 30.2 Å². The summed E-state index contributed by atoms with van der Waals surface area (Å²) in [6.07, 6.45) is -1.96. The van der Waals surface area contributed by atoms with Gasteiger partial charge in [0.2, 0.25) is 0 Å². The van der Waals surface area contributed by atoms with Gasteiger partial charge in [-0.25, -0.2) is 4.98 Å². The number of nitrogens with zero attached hydrogens (tertiary/aromatic N) is 3.